The van der Waals surface area contributed by atoms with Gasteiger partial charge in [0, 0.05) is 7.05 Å². The lowest BCUT2D eigenvalue weighted by molar-refractivity contribution is 0.0996. The first-order valence-corrected chi connectivity index (χ1v) is 4.73. The number of aromatic nitrogens is 2. The monoisotopic (exact) mass is 220 g/mol. The summed E-state index contributed by atoms with van der Waals surface area (Å²) < 4.78 is 6.49. The fourth-order valence-corrected chi connectivity index (χ4v) is 1.40. The Hall–Kier alpha value is -2.24. The second kappa shape index (κ2) is 3.73. The molecule has 3 N–H and O–H groups in total. The average molecular weight is 220 g/mol. The highest BCUT2D eigenvalue weighted by molar-refractivity contribution is 6.03. The first-order chi connectivity index (χ1) is 7.59. The smallest absolute Gasteiger partial charge is 0.292 e. The van der Waals surface area contributed by atoms with Gasteiger partial charge in [0.2, 0.25) is 0 Å². The van der Waals surface area contributed by atoms with Crippen molar-refractivity contribution in [3.63, 3.8) is 0 Å². The summed E-state index contributed by atoms with van der Waals surface area (Å²) >= 11 is 0. The van der Waals surface area contributed by atoms with Gasteiger partial charge in [-0.3, -0.25) is 9.48 Å². The van der Waals surface area contributed by atoms with Crippen LogP contribution in [0, 0.1) is 6.92 Å². The van der Waals surface area contributed by atoms with Crippen LogP contribution in [0.3, 0.4) is 0 Å². The maximum Gasteiger partial charge on any atom is 0.292 e. The molecule has 16 heavy (non-hydrogen) atoms. The summed E-state index contributed by atoms with van der Waals surface area (Å²) in [6.45, 7) is 1.78. The summed E-state index contributed by atoms with van der Waals surface area (Å²) in [7, 11) is 1.71. The molecule has 0 radical (unpaired) electrons. The lowest BCUT2D eigenvalue weighted by Crippen LogP contribution is -2.14. The lowest BCUT2D eigenvalue weighted by Gasteiger charge is -2.04. The molecule has 2 rings (SSSR count). The zero-order valence-corrected chi connectivity index (χ0v) is 9.02. The molecule has 6 heteroatoms. The molecule has 2 aromatic heterocycles. The van der Waals surface area contributed by atoms with Gasteiger partial charge < -0.3 is 15.5 Å². The van der Waals surface area contributed by atoms with Crippen molar-refractivity contribution in [1.82, 2.24) is 9.78 Å². The van der Waals surface area contributed by atoms with E-state index in [1.165, 1.54) is 10.9 Å². The van der Waals surface area contributed by atoms with E-state index >= 15 is 0 Å². The lowest BCUT2D eigenvalue weighted by atomic mass is 10.3. The second-order valence-corrected chi connectivity index (χ2v) is 3.40. The van der Waals surface area contributed by atoms with Crippen molar-refractivity contribution < 1.29 is 9.21 Å². The molecule has 6 nitrogen and oxygen atoms in total. The van der Waals surface area contributed by atoms with E-state index in [1.807, 2.05) is 0 Å². The van der Waals surface area contributed by atoms with E-state index in [-0.39, 0.29) is 11.7 Å². The third-order valence-electron chi connectivity index (χ3n) is 2.25. The van der Waals surface area contributed by atoms with Crippen LogP contribution < -0.4 is 11.1 Å². The predicted molar refractivity (Wildman–Crippen MR) is 59.0 cm³/mol. The van der Waals surface area contributed by atoms with E-state index < -0.39 is 0 Å². The van der Waals surface area contributed by atoms with Crippen LogP contribution in [0.4, 0.5) is 11.5 Å². The Kier molecular flexibility index (Phi) is 2.40. The van der Waals surface area contributed by atoms with Crippen LogP contribution in [0.25, 0.3) is 0 Å². The number of carbonyl (C=O) groups excluding carboxylic acids is 1. The zero-order valence-electron chi connectivity index (χ0n) is 9.02. The number of anilines is 2. The number of carbonyl (C=O) groups is 1. The molecule has 2 aromatic rings. The standard InChI is InChI=1S/C10H12N4O2/c1-6-8(11)9(14(2)13-6)12-10(15)7-4-3-5-16-7/h3-5H,11H2,1-2H3,(H,12,15). The summed E-state index contributed by atoms with van der Waals surface area (Å²) in [6.07, 6.45) is 1.44. The summed E-state index contributed by atoms with van der Waals surface area (Å²) in [5.41, 5.74) is 6.92. The Balaban J connectivity index is 2.25. The van der Waals surface area contributed by atoms with E-state index in [0.717, 1.165) is 0 Å². The molecule has 0 unspecified atom stereocenters. The molecule has 0 aliphatic heterocycles. The maximum atomic E-state index is 11.7. The second-order valence-electron chi connectivity index (χ2n) is 3.40. The fraction of sp³-hybridized carbons (Fsp3) is 0.200. The summed E-state index contributed by atoms with van der Waals surface area (Å²) in [4.78, 5) is 11.7. The molecular formula is C10H12N4O2. The van der Waals surface area contributed by atoms with E-state index in [4.69, 9.17) is 10.2 Å². The molecule has 0 aliphatic carbocycles. The Labute approximate surface area is 92.0 Å². The van der Waals surface area contributed by atoms with Crippen molar-refractivity contribution in [1.29, 1.82) is 0 Å². The molecule has 0 fully saturated rings. The zero-order chi connectivity index (χ0) is 11.7. The summed E-state index contributed by atoms with van der Waals surface area (Å²) in [5, 5.41) is 6.74. The number of hydrogen-bond acceptors (Lipinski definition) is 4. The highest BCUT2D eigenvalue weighted by Gasteiger charge is 2.15. The number of hydrogen-bond donors (Lipinski definition) is 2. The van der Waals surface area contributed by atoms with Gasteiger partial charge in [0.05, 0.1) is 17.6 Å². The van der Waals surface area contributed by atoms with Crippen LogP contribution in [-0.2, 0) is 7.05 Å². The summed E-state index contributed by atoms with van der Waals surface area (Å²) in [6, 6.07) is 3.22. The van der Waals surface area contributed by atoms with Gasteiger partial charge in [-0.1, -0.05) is 0 Å². The van der Waals surface area contributed by atoms with Gasteiger partial charge in [0.1, 0.15) is 0 Å². The highest BCUT2D eigenvalue weighted by Crippen LogP contribution is 2.21. The van der Waals surface area contributed by atoms with Gasteiger partial charge in [-0.25, -0.2) is 0 Å². The summed E-state index contributed by atoms with van der Waals surface area (Å²) in [5.74, 6) is 0.358. The van der Waals surface area contributed by atoms with Gasteiger partial charge >= 0.3 is 0 Å². The Morgan fingerprint density at radius 2 is 2.38 bits per heavy atom. The molecule has 0 saturated carbocycles. The molecule has 0 atom stereocenters. The number of aryl methyl sites for hydroxylation is 2. The molecule has 2 heterocycles. The first-order valence-electron chi connectivity index (χ1n) is 4.73. The number of amides is 1. The van der Waals surface area contributed by atoms with E-state index in [9.17, 15) is 4.79 Å². The van der Waals surface area contributed by atoms with Gasteiger partial charge in [0.15, 0.2) is 11.6 Å². The van der Waals surface area contributed by atoms with Crippen LogP contribution in [-0.4, -0.2) is 15.7 Å². The van der Waals surface area contributed by atoms with Crippen LogP contribution in [0.15, 0.2) is 22.8 Å². The number of furan rings is 1. The molecular weight excluding hydrogens is 208 g/mol. The van der Waals surface area contributed by atoms with Crippen LogP contribution in [0.2, 0.25) is 0 Å². The van der Waals surface area contributed by atoms with Crippen LogP contribution in [0.5, 0.6) is 0 Å². The van der Waals surface area contributed by atoms with Crippen molar-refractivity contribution in [3.05, 3.63) is 29.9 Å². The SMILES string of the molecule is Cc1nn(C)c(NC(=O)c2ccco2)c1N. The average Bonchev–Trinajstić information content (AvgIpc) is 2.83. The third kappa shape index (κ3) is 1.65. The molecule has 0 aromatic carbocycles. The number of nitrogens with one attached hydrogen (secondary N) is 1. The number of nitrogens with two attached hydrogens (primary N) is 1. The van der Waals surface area contributed by atoms with Crippen molar-refractivity contribution in [2.45, 2.75) is 6.92 Å². The minimum Gasteiger partial charge on any atom is -0.459 e. The fourth-order valence-electron chi connectivity index (χ4n) is 1.40. The van der Waals surface area contributed by atoms with E-state index in [0.29, 0.717) is 17.2 Å². The largest absolute Gasteiger partial charge is 0.459 e. The van der Waals surface area contributed by atoms with Crippen molar-refractivity contribution in [3.8, 4) is 0 Å². The Morgan fingerprint density at radius 1 is 1.62 bits per heavy atom. The van der Waals surface area contributed by atoms with Gasteiger partial charge in [0.25, 0.3) is 5.91 Å². The quantitative estimate of drug-likeness (QED) is 0.795. The number of nitrogens with zero attached hydrogens (tertiary/aromatic N) is 2. The predicted octanol–water partition coefficient (Wildman–Crippen LogP) is 1.16. The van der Waals surface area contributed by atoms with Gasteiger partial charge in [-0.15, -0.1) is 0 Å². The molecule has 0 spiro atoms. The molecule has 1 amide bonds. The first kappa shape index (κ1) is 10.3. The minimum absolute atomic E-state index is 0.234. The number of rotatable bonds is 2. The molecule has 84 valence electrons. The maximum absolute atomic E-state index is 11.7. The van der Waals surface area contributed by atoms with Crippen LogP contribution >= 0.6 is 0 Å². The van der Waals surface area contributed by atoms with Crippen molar-refractivity contribution >= 4 is 17.4 Å². The van der Waals surface area contributed by atoms with E-state index in [1.54, 1.807) is 26.1 Å². The molecule has 0 aliphatic rings. The van der Waals surface area contributed by atoms with Gasteiger partial charge in [-0.2, -0.15) is 5.10 Å². The number of nitrogen functional groups attached to an aromatic ring is 1. The van der Waals surface area contributed by atoms with Gasteiger partial charge in [-0.05, 0) is 19.1 Å². The Morgan fingerprint density at radius 3 is 2.88 bits per heavy atom. The highest BCUT2D eigenvalue weighted by atomic mass is 16.3. The molecule has 0 saturated heterocycles. The normalized spacial score (nSPS) is 10.4. The van der Waals surface area contributed by atoms with Crippen molar-refractivity contribution in [2.75, 3.05) is 11.1 Å². The van der Waals surface area contributed by atoms with Crippen molar-refractivity contribution in [2.24, 2.45) is 7.05 Å². The minimum atomic E-state index is -0.347. The topological polar surface area (TPSA) is 86.1 Å². The molecule has 0 bridgehead atoms. The van der Waals surface area contributed by atoms with E-state index in [2.05, 4.69) is 10.4 Å². The van der Waals surface area contributed by atoms with Crippen LogP contribution in [0.1, 0.15) is 16.2 Å². The third-order valence-corrected chi connectivity index (χ3v) is 2.25. The Bertz CT molecular complexity index is 513.